The minimum atomic E-state index is -0.826. The molecule has 0 saturated carbocycles. The molecule has 0 aliphatic rings. The SMILES string of the molecule is CCCCC(=NCc1ccc(-c2ccccc2-c2nnnn2C(c2ccccc2)(c2ccccc2)c2ccccc2)cc1)OCC. The highest BCUT2D eigenvalue weighted by atomic mass is 16.5. The van der Waals surface area contributed by atoms with Crippen LogP contribution in [0.2, 0.25) is 0 Å². The Hall–Kier alpha value is -5.36. The Balaban J connectivity index is 1.46. The molecule has 0 aliphatic carbocycles. The number of aliphatic imine (C=N–C) groups is 1. The molecule has 6 rings (SSSR count). The van der Waals surface area contributed by atoms with Crippen molar-refractivity contribution in [3.8, 4) is 22.5 Å². The van der Waals surface area contributed by atoms with Crippen molar-refractivity contribution in [3.05, 3.63) is 162 Å². The fourth-order valence-corrected chi connectivity index (χ4v) is 6.08. The molecule has 5 aromatic carbocycles. The quantitative estimate of drug-likeness (QED) is 0.0793. The van der Waals surface area contributed by atoms with E-state index in [0.717, 1.165) is 64.1 Å². The van der Waals surface area contributed by atoms with Gasteiger partial charge in [-0.25, -0.2) is 4.68 Å². The summed E-state index contributed by atoms with van der Waals surface area (Å²) in [6.45, 7) is 5.42. The number of nitrogens with zero attached hydrogens (tertiary/aromatic N) is 5. The lowest BCUT2D eigenvalue weighted by Crippen LogP contribution is -2.39. The number of hydrogen-bond donors (Lipinski definition) is 0. The third-order valence-corrected chi connectivity index (χ3v) is 8.29. The summed E-state index contributed by atoms with van der Waals surface area (Å²) in [6, 6.07) is 48.4. The highest BCUT2D eigenvalue weighted by Crippen LogP contribution is 2.43. The molecule has 0 spiro atoms. The maximum atomic E-state index is 5.78. The lowest BCUT2D eigenvalue weighted by Gasteiger charge is -2.36. The summed E-state index contributed by atoms with van der Waals surface area (Å²) >= 11 is 0. The van der Waals surface area contributed by atoms with Gasteiger partial charge in [0.2, 0.25) is 0 Å². The molecule has 0 bridgehead atoms. The molecule has 0 unspecified atom stereocenters. The Bertz CT molecular complexity index is 1750. The van der Waals surface area contributed by atoms with Crippen molar-refractivity contribution >= 4 is 5.90 Å². The first-order valence-electron chi connectivity index (χ1n) is 16.1. The smallest absolute Gasteiger partial charge is 0.184 e. The lowest BCUT2D eigenvalue weighted by atomic mass is 9.77. The molecule has 0 N–H and O–H groups in total. The minimum absolute atomic E-state index is 0.590. The standard InChI is InChI=1S/C40H39N5O/c1-3-5-25-38(46-4-2)41-30-31-26-28-32(29-27-31)36-23-15-16-24-37(36)39-42-43-44-45(39)40(33-17-9-6-10-18-33,34-19-11-7-12-20-34)35-21-13-8-14-22-35/h6-24,26-29H,3-5,25,30H2,1-2H3. The maximum absolute atomic E-state index is 5.78. The lowest BCUT2D eigenvalue weighted by molar-refractivity contribution is 0.314. The molecule has 6 heteroatoms. The summed E-state index contributed by atoms with van der Waals surface area (Å²) < 4.78 is 7.77. The second kappa shape index (κ2) is 14.6. The van der Waals surface area contributed by atoms with Crippen LogP contribution in [0.15, 0.2) is 145 Å². The van der Waals surface area contributed by atoms with Crippen LogP contribution in [-0.2, 0) is 16.8 Å². The van der Waals surface area contributed by atoms with Gasteiger partial charge in [0.1, 0.15) is 5.54 Å². The average Bonchev–Trinajstić information content (AvgIpc) is 3.61. The van der Waals surface area contributed by atoms with Gasteiger partial charge in [-0.15, -0.1) is 5.10 Å². The van der Waals surface area contributed by atoms with Crippen LogP contribution in [0.5, 0.6) is 0 Å². The zero-order valence-electron chi connectivity index (χ0n) is 26.5. The van der Waals surface area contributed by atoms with Crippen LogP contribution in [0.3, 0.4) is 0 Å². The van der Waals surface area contributed by atoms with E-state index in [1.807, 2.05) is 35.9 Å². The normalized spacial score (nSPS) is 11.8. The van der Waals surface area contributed by atoms with E-state index >= 15 is 0 Å². The minimum Gasteiger partial charge on any atom is -0.481 e. The first-order valence-corrected chi connectivity index (χ1v) is 16.1. The molecule has 0 saturated heterocycles. The summed E-state index contributed by atoms with van der Waals surface area (Å²) in [5.74, 6) is 1.52. The Morgan fingerprint density at radius 3 is 1.76 bits per heavy atom. The summed E-state index contributed by atoms with van der Waals surface area (Å²) in [5.41, 5.74) is 6.58. The predicted molar refractivity (Wildman–Crippen MR) is 186 cm³/mol. The summed E-state index contributed by atoms with van der Waals surface area (Å²) in [5, 5.41) is 13.7. The van der Waals surface area contributed by atoms with E-state index in [2.05, 4.69) is 127 Å². The summed E-state index contributed by atoms with van der Waals surface area (Å²) in [4.78, 5) is 4.77. The second-order valence-electron chi connectivity index (χ2n) is 11.2. The number of rotatable bonds is 12. The third kappa shape index (κ3) is 6.24. The summed E-state index contributed by atoms with van der Waals surface area (Å²) in [7, 11) is 0. The molecule has 0 radical (unpaired) electrons. The molecular weight excluding hydrogens is 566 g/mol. The van der Waals surface area contributed by atoms with Crippen molar-refractivity contribution in [1.82, 2.24) is 20.2 Å². The van der Waals surface area contributed by atoms with Crippen LogP contribution < -0.4 is 0 Å². The van der Waals surface area contributed by atoms with Crippen molar-refractivity contribution in [2.24, 2.45) is 4.99 Å². The van der Waals surface area contributed by atoms with Gasteiger partial charge in [-0.1, -0.05) is 153 Å². The first kappa shape index (κ1) is 30.7. The van der Waals surface area contributed by atoms with Gasteiger partial charge in [0, 0.05) is 12.0 Å². The van der Waals surface area contributed by atoms with Crippen LogP contribution >= 0.6 is 0 Å². The topological polar surface area (TPSA) is 65.2 Å². The van der Waals surface area contributed by atoms with Crippen LogP contribution in [0, 0.1) is 0 Å². The second-order valence-corrected chi connectivity index (χ2v) is 11.2. The number of aromatic nitrogens is 4. The Labute approximate surface area is 271 Å². The monoisotopic (exact) mass is 605 g/mol. The predicted octanol–water partition coefficient (Wildman–Crippen LogP) is 8.97. The van der Waals surface area contributed by atoms with Crippen LogP contribution in [0.25, 0.3) is 22.5 Å². The van der Waals surface area contributed by atoms with Gasteiger partial charge < -0.3 is 4.74 Å². The molecular formula is C40H39N5O. The Morgan fingerprint density at radius 2 is 1.22 bits per heavy atom. The molecule has 0 atom stereocenters. The molecule has 6 aromatic rings. The van der Waals surface area contributed by atoms with E-state index in [1.54, 1.807) is 0 Å². The Morgan fingerprint density at radius 1 is 0.674 bits per heavy atom. The highest BCUT2D eigenvalue weighted by molar-refractivity contribution is 5.81. The third-order valence-electron chi connectivity index (χ3n) is 8.29. The molecule has 46 heavy (non-hydrogen) atoms. The highest BCUT2D eigenvalue weighted by Gasteiger charge is 2.42. The number of hydrogen-bond acceptors (Lipinski definition) is 5. The zero-order valence-corrected chi connectivity index (χ0v) is 26.5. The molecule has 0 amide bonds. The maximum Gasteiger partial charge on any atom is 0.184 e. The van der Waals surface area contributed by atoms with Gasteiger partial charge >= 0.3 is 0 Å². The number of unbranched alkanes of at least 4 members (excludes halogenated alkanes) is 1. The van der Waals surface area contributed by atoms with E-state index in [1.165, 1.54) is 0 Å². The van der Waals surface area contributed by atoms with Gasteiger partial charge in [-0.05, 0) is 57.2 Å². The molecule has 0 fully saturated rings. The molecule has 6 nitrogen and oxygen atoms in total. The zero-order chi connectivity index (χ0) is 31.6. The van der Waals surface area contributed by atoms with Crippen LogP contribution in [-0.4, -0.2) is 32.7 Å². The Kier molecular flexibility index (Phi) is 9.74. The largest absolute Gasteiger partial charge is 0.481 e. The van der Waals surface area contributed by atoms with Crippen molar-refractivity contribution in [3.63, 3.8) is 0 Å². The van der Waals surface area contributed by atoms with Crippen LogP contribution in [0.4, 0.5) is 0 Å². The number of ether oxygens (including phenoxy) is 1. The van der Waals surface area contributed by atoms with E-state index in [4.69, 9.17) is 20.0 Å². The van der Waals surface area contributed by atoms with Gasteiger partial charge in [0.25, 0.3) is 0 Å². The van der Waals surface area contributed by atoms with Gasteiger partial charge in [0.15, 0.2) is 11.7 Å². The van der Waals surface area contributed by atoms with E-state index in [9.17, 15) is 0 Å². The molecule has 0 aliphatic heterocycles. The van der Waals surface area contributed by atoms with E-state index < -0.39 is 5.54 Å². The molecule has 1 heterocycles. The summed E-state index contributed by atoms with van der Waals surface area (Å²) in [6.07, 6.45) is 3.07. The van der Waals surface area contributed by atoms with Gasteiger partial charge in [-0.3, -0.25) is 4.99 Å². The first-order chi connectivity index (χ1) is 22.8. The molecule has 230 valence electrons. The molecule has 1 aromatic heterocycles. The number of benzene rings is 5. The van der Waals surface area contributed by atoms with E-state index in [0.29, 0.717) is 19.0 Å². The van der Waals surface area contributed by atoms with Crippen molar-refractivity contribution in [2.75, 3.05) is 6.61 Å². The van der Waals surface area contributed by atoms with E-state index in [-0.39, 0.29) is 0 Å². The van der Waals surface area contributed by atoms with Crippen molar-refractivity contribution in [2.45, 2.75) is 45.2 Å². The van der Waals surface area contributed by atoms with Crippen molar-refractivity contribution in [1.29, 1.82) is 0 Å². The average molecular weight is 606 g/mol. The fourth-order valence-electron chi connectivity index (χ4n) is 6.08. The van der Waals surface area contributed by atoms with Crippen LogP contribution in [0.1, 0.15) is 55.4 Å². The number of tetrazole rings is 1. The fraction of sp³-hybridized carbons (Fsp3) is 0.200. The van der Waals surface area contributed by atoms with Crippen molar-refractivity contribution < 1.29 is 4.74 Å². The van der Waals surface area contributed by atoms with Gasteiger partial charge in [-0.2, -0.15) is 0 Å². The van der Waals surface area contributed by atoms with Gasteiger partial charge in [0.05, 0.1) is 13.2 Å².